The highest BCUT2D eigenvalue weighted by atomic mass is 16.3. The van der Waals surface area contributed by atoms with E-state index in [1.165, 1.54) is 12.8 Å². The summed E-state index contributed by atoms with van der Waals surface area (Å²) in [6, 6.07) is 0. The van der Waals surface area contributed by atoms with Crippen LogP contribution in [0.4, 0.5) is 0 Å². The zero-order chi connectivity index (χ0) is 13.6. The van der Waals surface area contributed by atoms with Gasteiger partial charge in [0.05, 0.1) is 6.61 Å². The van der Waals surface area contributed by atoms with Gasteiger partial charge in [0.2, 0.25) is 5.91 Å². The number of aliphatic hydroxyl groups excluding tert-OH is 1. The van der Waals surface area contributed by atoms with Crippen molar-refractivity contribution in [1.29, 1.82) is 0 Å². The molecule has 3 N–H and O–H groups in total. The van der Waals surface area contributed by atoms with Crippen LogP contribution in [0.1, 0.15) is 51.9 Å². The minimum atomic E-state index is -0.447. The Morgan fingerprint density at radius 1 is 1.39 bits per heavy atom. The summed E-state index contributed by atoms with van der Waals surface area (Å²) < 4.78 is 0. The van der Waals surface area contributed by atoms with E-state index in [0.717, 1.165) is 38.6 Å². The molecular formula is C14H28N2O2. The third-order valence-corrected chi connectivity index (χ3v) is 4.12. The van der Waals surface area contributed by atoms with E-state index in [4.69, 9.17) is 5.73 Å². The van der Waals surface area contributed by atoms with Crippen molar-refractivity contribution < 1.29 is 9.90 Å². The number of nitrogens with two attached hydrogens (primary N) is 1. The zero-order valence-electron chi connectivity index (χ0n) is 11.8. The van der Waals surface area contributed by atoms with E-state index in [2.05, 4.69) is 6.92 Å². The average Bonchev–Trinajstić information content (AvgIpc) is 2.39. The van der Waals surface area contributed by atoms with Crippen molar-refractivity contribution in [1.82, 2.24) is 4.90 Å². The van der Waals surface area contributed by atoms with E-state index in [1.54, 1.807) is 0 Å². The minimum Gasteiger partial charge on any atom is -0.394 e. The van der Waals surface area contributed by atoms with Gasteiger partial charge in [0, 0.05) is 25.0 Å². The first-order valence-electron chi connectivity index (χ1n) is 7.17. The Labute approximate surface area is 111 Å². The van der Waals surface area contributed by atoms with Crippen LogP contribution in [0.15, 0.2) is 0 Å². The first kappa shape index (κ1) is 15.4. The smallest absolute Gasteiger partial charge is 0.225 e. The molecule has 4 nitrogen and oxygen atoms in total. The predicted octanol–water partition coefficient (Wildman–Crippen LogP) is 1.51. The van der Waals surface area contributed by atoms with Crippen molar-refractivity contribution in [3.8, 4) is 0 Å². The number of carbonyl (C=O) groups is 1. The second-order valence-corrected chi connectivity index (χ2v) is 5.76. The van der Waals surface area contributed by atoms with Crippen molar-refractivity contribution in [3.05, 3.63) is 0 Å². The van der Waals surface area contributed by atoms with E-state index < -0.39 is 5.54 Å². The molecule has 1 aliphatic carbocycles. The fourth-order valence-corrected chi connectivity index (χ4v) is 2.62. The quantitative estimate of drug-likeness (QED) is 0.708. The summed E-state index contributed by atoms with van der Waals surface area (Å²) in [4.78, 5) is 14.1. The first-order valence-corrected chi connectivity index (χ1v) is 7.17. The Bertz CT molecular complexity index is 261. The van der Waals surface area contributed by atoms with E-state index in [0.29, 0.717) is 0 Å². The number of rotatable bonds is 6. The molecule has 1 rings (SSSR count). The van der Waals surface area contributed by atoms with Crippen molar-refractivity contribution in [3.63, 3.8) is 0 Å². The average molecular weight is 256 g/mol. The molecule has 0 atom stereocenters. The first-order chi connectivity index (χ1) is 8.52. The summed E-state index contributed by atoms with van der Waals surface area (Å²) in [5, 5.41) is 9.21. The Balaban J connectivity index is 2.35. The van der Waals surface area contributed by atoms with E-state index in [9.17, 15) is 9.90 Å². The molecule has 0 heterocycles. The van der Waals surface area contributed by atoms with Gasteiger partial charge >= 0.3 is 0 Å². The van der Waals surface area contributed by atoms with Crippen LogP contribution in [-0.2, 0) is 4.79 Å². The van der Waals surface area contributed by atoms with Crippen LogP contribution in [0.25, 0.3) is 0 Å². The number of nitrogens with zero attached hydrogens (tertiary/aromatic N) is 1. The Morgan fingerprint density at radius 2 is 2.00 bits per heavy atom. The number of unbranched alkanes of at least 4 members (excludes halogenated alkanes) is 2. The van der Waals surface area contributed by atoms with Gasteiger partial charge in [-0.1, -0.05) is 19.8 Å². The molecule has 18 heavy (non-hydrogen) atoms. The third kappa shape index (κ3) is 4.25. The topological polar surface area (TPSA) is 66.6 Å². The highest BCUT2D eigenvalue weighted by Crippen LogP contribution is 2.31. The molecule has 0 spiro atoms. The van der Waals surface area contributed by atoms with Crippen LogP contribution in [0.3, 0.4) is 0 Å². The standard InChI is InChI=1S/C14H28N2O2/c1-3-4-5-10-16(2)13(18)12-6-8-14(15,11-17)9-7-12/h12,17H,3-11,15H2,1-2H3. The largest absolute Gasteiger partial charge is 0.394 e. The van der Waals surface area contributed by atoms with Crippen LogP contribution in [0.2, 0.25) is 0 Å². The Morgan fingerprint density at radius 3 is 2.50 bits per heavy atom. The second kappa shape index (κ2) is 7.10. The second-order valence-electron chi connectivity index (χ2n) is 5.76. The fourth-order valence-electron chi connectivity index (χ4n) is 2.62. The molecule has 4 heteroatoms. The Hall–Kier alpha value is -0.610. The summed E-state index contributed by atoms with van der Waals surface area (Å²) in [7, 11) is 1.90. The van der Waals surface area contributed by atoms with E-state index in [-0.39, 0.29) is 18.4 Å². The van der Waals surface area contributed by atoms with Gasteiger partial charge in [-0.3, -0.25) is 4.79 Å². The van der Waals surface area contributed by atoms with Crippen molar-refractivity contribution >= 4 is 5.91 Å². The molecule has 1 aliphatic rings. The van der Waals surface area contributed by atoms with Gasteiger partial charge in [-0.2, -0.15) is 0 Å². The molecule has 0 aromatic carbocycles. The molecule has 0 aromatic rings. The lowest BCUT2D eigenvalue weighted by molar-refractivity contribution is -0.135. The number of amides is 1. The van der Waals surface area contributed by atoms with Gasteiger partial charge in [0.25, 0.3) is 0 Å². The lowest BCUT2D eigenvalue weighted by atomic mass is 9.77. The lowest BCUT2D eigenvalue weighted by Crippen LogP contribution is -2.48. The number of hydrogen-bond acceptors (Lipinski definition) is 3. The summed E-state index contributed by atoms with van der Waals surface area (Å²) in [6.07, 6.45) is 6.58. The summed E-state index contributed by atoms with van der Waals surface area (Å²) >= 11 is 0. The fraction of sp³-hybridized carbons (Fsp3) is 0.929. The summed E-state index contributed by atoms with van der Waals surface area (Å²) in [6.45, 7) is 3.05. The predicted molar refractivity (Wildman–Crippen MR) is 73.1 cm³/mol. The molecule has 1 saturated carbocycles. The Kier molecular flexibility index (Phi) is 6.09. The maximum absolute atomic E-state index is 12.2. The molecule has 1 fully saturated rings. The number of hydrogen-bond donors (Lipinski definition) is 2. The van der Waals surface area contributed by atoms with Gasteiger partial charge in [-0.15, -0.1) is 0 Å². The maximum atomic E-state index is 12.2. The van der Waals surface area contributed by atoms with Crippen LogP contribution >= 0.6 is 0 Å². The van der Waals surface area contributed by atoms with Crippen LogP contribution in [0, 0.1) is 5.92 Å². The molecule has 0 unspecified atom stereocenters. The van der Waals surface area contributed by atoms with Gasteiger partial charge in [0.15, 0.2) is 0 Å². The number of aliphatic hydroxyl groups is 1. The normalized spacial score (nSPS) is 28.1. The highest BCUT2D eigenvalue weighted by molar-refractivity contribution is 5.78. The zero-order valence-corrected chi connectivity index (χ0v) is 11.8. The molecule has 106 valence electrons. The van der Waals surface area contributed by atoms with Crippen LogP contribution in [-0.4, -0.2) is 41.7 Å². The molecule has 0 aromatic heterocycles. The minimum absolute atomic E-state index is 0.0280. The van der Waals surface area contributed by atoms with Gasteiger partial charge in [-0.25, -0.2) is 0 Å². The lowest BCUT2D eigenvalue weighted by Gasteiger charge is -2.36. The van der Waals surface area contributed by atoms with Gasteiger partial charge < -0.3 is 15.7 Å². The molecule has 1 amide bonds. The van der Waals surface area contributed by atoms with Gasteiger partial charge in [0.1, 0.15) is 0 Å². The van der Waals surface area contributed by atoms with E-state index >= 15 is 0 Å². The molecule has 0 radical (unpaired) electrons. The maximum Gasteiger partial charge on any atom is 0.225 e. The van der Waals surface area contributed by atoms with Crippen LogP contribution < -0.4 is 5.73 Å². The third-order valence-electron chi connectivity index (χ3n) is 4.12. The molecular weight excluding hydrogens is 228 g/mol. The van der Waals surface area contributed by atoms with Crippen molar-refractivity contribution in [2.45, 2.75) is 57.4 Å². The highest BCUT2D eigenvalue weighted by Gasteiger charge is 2.34. The van der Waals surface area contributed by atoms with Crippen molar-refractivity contribution in [2.75, 3.05) is 20.2 Å². The van der Waals surface area contributed by atoms with E-state index in [1.807, 2.05) is 11.9 Å². The van der Waals surface area contributed by atoms with Crippen molar-refractivity contribution in [2.24, 2.45) is 11.7 Å². The summed E-state index contributed by atoms with van der Waals surface area (Å²) in [5.74, 6) is 0.367. The molecule has 0 aliphatic heterocycles. The molecule has 0 saturated heterocycles. The summed E-state index contributed by atoms with van der Waals surface area (Å²) in [5.41, 5.74) is 5.57. The number of carbonyl (C=O) groups excluding carboxylic acids is 1. The van der Waals surface area contributed by atoms with Crippen LogP contribution in [0.5, 0.6) is 0 Å². The van der Waals surface area contributed by atoms with Gasteiger partial charge in [-0.05, 0) is 32.1 Å². The molecule has 0 bridgehead atoms. The monoisotopic (exact) mass is 256 g/mol. The SMILES string of the molecule is CCCCCN(C)C(=O)C1CCC(N)(CO)CC1.